The molecule has 0 radical (unpaired) electrons. The third-order valence-electron chi connectivity index (χ3n) is 4.84. The van der Waals surface area contributed by atoms with Crippen LogP contribution in [0.3, 0.4) is 0 Å². The van der Waals surface area contributed by atoms with E-state index < -0.39 is 0 Å². The number of likely N-dealkylation sites (tertiary alicyclic amines) is 1. The van der Waals surface area contributed by atoms with Gasteiger partial charge >= 0.3 is 0 Å². The molecule has 0 aliphatic carbocycles. The van der Waals surface area contributed by atoms with Gasteiger partial charge in [0.1, 0.15) is 11.7 Å². The van der Waals surface area contributed by atoms with Crippen LogP contribution in [0.15, 0.2) is 36.8 Å². The highest BCUT2D eigenvalue weighted by atomic mass is 16.5. The lowest BCUT2D eigenvalue weighted by Crippen LogP contribution is -2.67. The van der Waals surface area contributed by atoms with E-state index in [2.05, 4.69) is 15.0 Å². The average molecular weight is 354 g/mol. The lowest BCUT2D eigenvalue weighted by molar-refractivity contribution is -0.193. The van der Waals surface area contributed by atoms with Gasteiger partial charge in [-0.2, -0.15) is 0 Å². The molecular formula is C19H22N4O3. The first-order valence-electron chi connectivity index (χ1n) is 8.89. The van der Waals surface area contributed by atoms with Crippen molar-refractivity contribution in [2.45, 2.75) is 37.9 Å². The zero-order valence-electron chi connectivity index (χ0n) is 14.8. The summed E-state index contributed by atoms with van der Waals surface area (Å²) < 4.78 is 12.0. The molecule has 0 saturated carbocycles. The maximum Gasteiger partial charge on any atom is 0.232 e. The summed E-state index contributed by atoms with van der Waals surface area (Å²) in [6.45, 7) is 3.74. The van der Waals surface area contributed by atoms with Crippen LogP contribution in [0.5, 0.6) is 5.88 Å². The van der Waals surface area contributed by atoms with Gasteiger partial charge in [0.25, 0.3) is 0 Å². The van der Waals surface area contributed by atoms with E-state index in [1.807, 2.05) is 30.0 Å². The molecule has 0 aromatic carbocycles. The van der Waals surface area contributed by atoms with Crippen LogP contribution in [0.1, 0.15) is 24.2 Å². The Labute approximate surface area is 152 Å². The highest BCUT2D eigenvalue weighted by molar-refractivity contribution is 5.79. The van der Waals surface area contributed by atoms with Gasteiger partial charge in [-0.25, -0.2) is 4.98 Å². The molecule has 26 heavy (non-hydrogen) atoms. The van der Waals surface area contributed by atoms with Crippen LogP contribution in [0.25, 0.3) is 0 Å². The largest absolute Gasteiger partial charge is 0.473 e. The first-order valence-corrected chi connectivity index (χ1v) is 8.89. The fourth-order valence-corrected chi connectivity index (χ4v) is 3.57. The zero-order chi connectivity index (χ0) is 18.0. The van der Waals surface area contributed by atoms with E-state index in [4.69, 9.17) is 9.47 Å². The van der Waals surface area contributed by atoms with Crippen LogP contribution in [-0.2, 0) is 16.0 Å². The topological polar surface area (TPSA) is 77.4 Å². The first-order chi connectivity index (χ1) is 12.6. The van der Waals surface area contributed by atoms with Crippen molar-refractivity contribution in [1.82, 2.24) is 19.9 Å². The molecule has 136 valence electrons. The van der Waals surface area contributed by atoms with E-state index in [1.165, 1.54) is 0 Å². The van der Waals surface area contributed by atoms with E-state index in [0.29, 0.717) is 32.0 Å². The second kappa shape index (κ2) is 6.99. The maximum atomic E-state index is 12.4. The number of hydrogen-bond donors (Lipinski definition) is 0. The van der Waals surface area contributed by atoms with E-state index in [-0.39, 0.29) is 17.6 Å². The fraction of sp³-hybridized carbons (Fsp3) is 0.474. The summed E-state index contributed by atoms with van der Waals surface area (Å²) in [5.41, 5.74) is 1.33. The average Bonchev–Trinajstić information content (AvgIpc) is 2.60. The van der Waals surface area contributed by atoms with Gasteiger partial charge in [0, 0.05) is 30.9 Å². The van der Waals surface area contributed by atoms with Crippen molar-refractivity contribution in [2.24, 2.45) is 0 Å². The molecule has 1 atom stereocenters. The van der Waals surface area contributed by atoms with Gasteiger partial charge < -0.3 is 14.4 Å². The Hall–Kier alpha value is -2.54. The van der Waals surface area contributed by atoms with Crippen LogP contribution in [0.4, 0.5) is 0 Å². The number of carbonyl (C=O) groups is 1. The Morgan fingerprint density at radius 2 is 2.27 bits per heavy atom. The number of pyridine rings is 1. The molecule has 2 aliphatic rings. The quantitative estimate of drug-likeness (QED) is 0.829. The Morgan fingerprint density at radius 3 is 3.04 bits per heavy atom. The van der Waals surface area contributed by atoms with Crippen molar-refractivity contribution in [3.8, 4) is 5.88 Å². The first kappa shape index (κ1) is 16.9. The number of amides is 1. The molecule has 0 bridgehead atoms. The van der Waals surface area contributed by atoms with Gasteiger partial charge in [0.2, 0.25) is 11.8 Å². The summed E-state index contributed by atoms with van der Waals surface area (Å²) >= 11 is 0. The Kier molecular flexibility index (Phi) is 4.55. The molecule has 2 aromatic rings. The zero-order valence-corrected chi connectivity index (χ0v) is 14.8. The minimum Gasteiger partial charge on any atom is -0.473 e. The number of rotatable bonds is 4. The van der Waals surface area contributed by atoms with Crippen LogP contribution >= 0.6 is 0 Å². The van der Waals surface area contributed by atoms with E-state index in [1.54, 1.807) is 18.6 Å². The number of aromatic nitrogens is 3. The van der Waals surface area contributed by atoms with Crippen LogP contribution < -0.4 is 4.74 Å². The number of carbonyl (C=O) groups excluding carboxylic acids is 1. The van der Waals surface area contributed by atoms with Crippen molar-refractivity contribution in [1.29, 1.82) is 0 Å². The number of hydrogen-bond acceptors (Lipinski definition) is 6. The predicted octanol–water partition coefficient (Wildman–Crippen LogP) is 1.56. The molecule has 2 fully saturated rings. The standard InChI is InChI=1S/C19H22N4O3/c1-14-10-20-11-17(22-14)26-16-5-7-25-19(9-16)12-23(13-19)18(24)8-15-4-2-3-6-21-15/h2-4,6,10-11,16H,5,7-9,12-13H2,1H3/t16-/m0/s1. The molecule has 1 spiro atoms. The monoisotopic (exact) mass is 354 g/mol. The van der Waals surface area contributed by atoms with Crippen LogP contribution in [0.2, 0.25) is 0 Å². The highest BCUT2D eigenvalue weighted by Gasteiger charge is 2.49. The molecule has 7 nitrogen and oxygen atoms in total. The van der Waals surface area contributed by atoms with E-state index in [9.17, 15) is 4.79 Å². The van der Waals surface area contributed by atoms with Crippen LogP contribution in [-0.4, -0.2) is 57.2 Å². The van der Waals surface area contributed by atoms with Gasteiger partial charge in [0.15, 0.2) is 0 Å². The van der Waals surface area contributed by atoms with Crippen molar-refractivity contribution >= 4 is 5.91 Å². The third kappa shape index (κ3) is 3.67. The fourth-order valence-electron chi connectivity index (χ4n) is 3.57. The molecule has 0 N–H and O–H groups in total. The number of nitrogens with zero attached hydrogens (tertiary/aromatic N) is 4. The van der Waals surface area contributed by atoms with Crippen molar-refractivity contribution in [2.75, 3.05) is 19.7 Å². The van der Waals surface area contributed by atoms with Crippen molar-refractivity contribution in [3.05, 3.63) is 48.2 Å². The molecule has 4 heterocycles. The second-order valence-electron chi connectivity index (χ2n) is 7.01. The molecule has 1 amide bonds. The molecule has 7 heteroatoms. The number of ether oxygens (including phenoxy) is 2. The van der Waals surface area contributed by atoms with Crippen molar-refractivity contribution in [3.63, 3.8) is 0 Å². The summed E-state index contributed by atoms with van der Waals surface area (Å²) in [6, 6.07) is 5.62. The summed E-state index contributed by atoms with van der Waals surface area (Å²) in [4.78, 5) is 26.9. The lowest BCUT2D eigenvalue weighted by atomic mass is 9.84. The minimum absolute atomic E-state index is 0.0351. The maximum absolute atomic E-state index is 12.4. The molecule has 4 rings (SSSR count). The smallest absolute Gasteiger partial charge is 0.232 e. The normalized spacial score (nSPS) is 21.3. The van der Waals surface area contributed by atoms with Crippen LogP contribution in [0, 0.1) is 6.92 Å². The van der Waals surface area contributed by atoms with Crippen molar-refractivity contribution < 1.29 is 14.3 Å². The van der Waals surface area contributed by atoms with Gasteiger partial charge in [-0.05, 0) is 19.1 Å². The van der Waals surface area contributed by atoms with E-state index in [0.717, 1.165) is 24.2 Å². The summed E-state index contributed by atoms with van der Waals surface area (Å²) in [6.07, 6.45) is 6.99. The highest BCUT2D eigenvalue weighted by Crippen LogP contribution is 2.35. The van der Waals surface area contributed by atoms with Gasteiger partial charge in [-0.3, -0.25) is 14.8 Å². The Balaban J connectivity index is 1.32. The lowest BCUT2D eigenvalue weighted by Gasteiger charge is -2.52. The van der Waals surface area contributed by atoms with E-state index >= 15 is 0 Å². The summed E-state index contributed by atoms with van der Waals surface area (Å²) in [5.74, 6) is 0.639. The third-order valence-corrected chi connectivity index (χ3v) is 4.84. The Morgan fingerprint density at radius 1 is 1.38 bits per heavy atom. The molecule has 0 unspecified atom stereocenters. The van der Waals surface area contributed by atoms with Gasteiger partial charge in [-0.1, -0.05) is 6.07 Å². The predicted molar refractivity (Wildman–Crippen MR) is 93.6 cm³/mol. The number of aryl methyl sites for hydroxylation is 1. The Bertz CT molecular complexity index is 777. The van der Waals surface area contributed by atoms with Gasteiger partial charge in [0.05, 0.1) is 38.0 Å². The SMILES string of the molecule is Cc1cncc(O[C@H]2CCOC3(C2)CN(C(=O)Cc2ccccn2)C3)n1. The van der Waals surface area contributed by atoms with Gasteiger partial charge in [-0.15, -0.1) is 0 Å². The molecular weight excluding hydrogens is 332 g/mol. The summed E-state index contributed by atoms with van der Waals surface area (Å²) in [5, 5.41) is 0. The second-order valence-corrected chi connectivity index (χ2v) is 7.01. The summed E-state index contributed by atoms with van der Waals surface area (Å²) in [7, 11) is 0. The molecule has 2 aliphatic heterocycles. The molecule has 2 aromatic heterocycles. The minimum atomic E-state index is -0.292. The molecule has 2 saturated heterocycles.